The molecule has 0 fully saturated rings. The van der Waals surface area contributed by atoms with E-state index in [2.05, 4.69) is 11.4 Å². The Kier molecular flexibility index (Phi) is 13.6. The summed E-state index contributed by atoms with van der Waals surface area (Å²) in [6.45, 7) is 2.89. The molecule has 2 unspecified atom stereocenters. The molecule has 9 nitrogen and oxygen atoms in total. The van der Waals surface area contributed by atoms with Crippen molar-refractivity contribution in [2.24, 2.45) is 5.73 Å². The fourth-order valence-electron chi connectivity index (χ4n) is 1.73. The van der Waals surface area contributed by atoms with E-state index >= 15 is 0 Å². The molecule has 148 valence electrons. The van der Waals surface area contributed by atoms with Gasteiger partial charge in [-0.2, -0.15) is 0 Å². The number of ether oxygens (including phenoxy) is 2. The van der Waals surface area contributed by atoms with Crippen molar-refractivity contribution in [3.8, 4) is 0 Å². The van der Waals surface area contributed by atoms with Crippen LogP contribution < -0.4 is 5.73 Å². The van der Waals surface area contributed by atoms with Gasteiger partial charge in [-0.3, -0.25) is 18.6 Å². The van der Waals surface area contributed by atoms with Crippen LogP contribution in [-0.4, -0.2) is 49.3 Å². The van der Waals surface area contributed by atoms with Gasteiger partial charge in [0.1, 0.15) is 6.61 Å². The van der Waals surface area contributed by atoms with Crippen molar-refractivity contribution in [1.29, 1.82) is 0 Å². The summed E-state index contributed by atoms with van der Waals surface area (Å²) >= 11 is 0. The number of nitrogens with two attached hydrogens (primary N) is 1. The number of phosphoric acid groups is 1. The first kappa shape index (κ1) is 24.0. The Morgan fingerprint density at radius 1 is 1.08 bits per heavy atom. The summed E-state index contributed by atoms with van der Waals surface area (Å²) in [7, 11) is -4.30. The van der Waals surface area contributed by atoms with Crippen LogP contribution in [0.5, 0.6) is 0 Å². The van der Waals surface area contributed by atoms with E-state index in [1.54, 1.807) is 6.92 Å². The lowest BCUT2D eigenvalue weighted by molar-refractivity contribution is -0.161. The van der Waals surface area contributed by atoms with E-state index in [-0.39, 0.29) is 32.6 Å². The molecule has 0 rings (SSSR count). The predicted molar refractivity (Wildman–Crippen MR) is 90.7 cm³/mol. The second kappa shape index (κ2) is 14.2. The van der Waals surface area contributed by atoms with Crippen LogP contribution in [0.1, 0.15) is 52.4 Å². The Bertz CT molecular complexity index is 432. The van der Waals surface area contributed by atoms with Crippen LogP contribution in [0.15, 0.2) is 0 Å². The van der Waals surface area contributed by atoms with Crippen LogP contribution in [-0.2, 0) is 32.7 Å². The number of carbonyl (C=O) groups excluding carboxylic acids is 2. The topological polar surface area (TPSA) is 134 Å². The molecule has 0 spiro atoms. The highest BCUT2D eigenvalue weighted by Crippen LogP contribution is 2.43. The second-order valence-corrected chi connectivity index (χ2v) is 6.80. The van der Waals surface area contributed by atoms with E-state index in [9.17, 15) is 19.0 Å². The number of phosphoric ester groups is 1. The van der Waals surface area contributed by atoms with Gasteiger partial charge in [0.05, 0.1) is 13.2 Å². The quantitative estimate of drug-likeness (QED) is 0.247. The van der Waals surface area contributed by atoms with Crippen molar-refractivity contribution in [3.05, 3.63) is 0 Å². The van der Waals surface area contributed by atoms with Crippen molar-refractivity contribution in [2.75, 3.05) is 26.4 Å². The molecule has 0 heterocycles. The summed E-state index contributed by atoms with van der Waals surface area (Å²) in [5.41, 5.74) is 5.18. The Balaban J connectivity index is 4.46. The molecule has 0 saturated heterocycles. The Labute approximate surface area is 148 Å². The molecule has 0 aromatic carbocycles. The maximum Gasteiger partial charge on any atom is 0.472 e. The number of hydrogen-bond acceptors (Lipinski definition) is 8. The number of hydrogen-bond donors (Lipinski definition) is 2. The van der Waals surface area contributed by atoms with Crippen molar-refractivity contribution in [2.45, 2.75) is 58.5 Å². The van der Waals surface area contributed by atoms with Crippen LogP contribution in [0, 0.1) is 0 Å². The third-order valence-corrected chi connectivity index (χ3v) is 4.03. The fourth-order valence-corrected chi connectivity index (χ4v) is 2.49. The summed E-state index contributed by atoms with van der Waals surface area (Å²) < 4.78 is 31.1. The number of esters is 2. The molecule has 0 aliphatic carbocycles. The average molecular weight is 383 g/mol. The number of unbranched alkanes of at least 4 members (excludes halogenated alkanes) is 3. The van der Waals surface area contributed by atoms with Crippen LogP contribution in [0.2, 0.25) is 0 Å². The molecule has 0 aromatic rings. The Morgan fingerprint density at radius 3 is 2.40 bits per heavy atom. The lowest BCUT2D eigenvalue weighted by Crippen LogP contribution is -2.29. The molecule has 0 radical (unpaired) electrons. The van der Waals surface area contributed by atoms with E-state index in [0.717, 1.165) is 19.3 Å². The van der Waals surface area contributed by atoms with E-state index in [1.807, 2.05) is 0 Å². The first-order valence-electron chi connectivity index (χ1n) is 8.51. The predicted octanol–water partition coefficient (Wildman–Crippen LogP) is 1.91. The first-order valence-corrected chi connectivity index (χ1v) is 10.0. The molecule has 0 aromatic heterocycles. The van der Waals surface area contributed by atoms with Crippen molar-refractivity contribution >= 4 is 19.8 Å². The third kappa shape index (κ3) is 13.9. The van der Waals surface area contributed by atoms with Gasteiger partial charge < -0.3 is 20.1 Å². The van der Waals surface area contributed by atoms with Gasteiger partial charge in [0.25, 0.3) is 0 Å². The van der Waals surface area contributed by atoms with Crippen LogP contribution in [0.3, 0.4) is 0 Å². The average Bonchev–Trinajstić information content (AvgIpc) is 2.59. The van der Waals surface area contributed by atoms with E-state index in [1.165, 1.54) is 0 Å². The molecule has 0 aliphatic rings. The first-order chi connectivity index (χ1) is 11.8. The van der Waals surface area contributed by atoms with E-state index < -0.39 is 32.5 Å². The molecule has 2 atom stereocenters. The highest BCUT2D eigenvalue weighted by molar-refractivity contribution is 7.47. The van der Waals surface area contributed by atoms with Gasteiger partial charge in [0.15, 0.2) is 6.10 Å². The SMILES string of the molecule is CCCCCCC(=O)OC(COC(=O)CC)COP(=O)(O)OCCN. The molecule has 10 heteroatoms. The van der Waals surface area contributed by atoms with Gasteiger partial charge >= 0.3 is 19.8 Å². The van der Waals surface area contributed by atoms with Crippen LogP contribution in [0.25, 0.3) is 0 Å². The van der Waals surface area contributed by atoms with Crippen molar-refractivity contribution in [3.63, 3.8) is 0 Å². The second-order valence-electron chi connectivity index (χ2n) is 5.35. The molecule has 0 bridgehead atoms. The van der Waals surface area contributed by atoms with Gasteiger partial charge in [-0.15, -0.1) is 0 Å². The summed E-state index contributed by atoms with van der Waals surface area (Å²) in [5.74, 6) is -0.955. The molecule has 0 saturated carbocycles. The highest BCUT2D eigenvalue weighted by Gasteiger charge is 2.25. The summed E-state index contributed by atoms with van der Waals surface area (Å²) in [6, 6.07) is 0. The van der Waals surface area contributed by atoms with Crippen molar-refractivity contribution < 1.29 is 37.6 Å². The zero-order chi connectivity index (χ0) is 19.1. The van der Waals surface area contributed by atoms with Gasteiger partial charge in [-0.05, 0) is 6.42 Å². The molecule has 25 heavy (non-hydrogen) atoms. The lowest BCUT2D eigenvalue weighted by atomic mass is 10.1. The Morgan fingerprint density at radius 2 is 1.80 bits per heavy atom. The molecular formula is C15H30NO8P. The minimum Gasteiger partial charge on any atom is -0.462 e. The lowest BCUT2D eigenvalue weighted by Gasteiger charge is -2.19. The normalized spacial score (nSPS) is 14.6. The zero-order valence-corrected chi connectivity index (χ0v) is 15.9. The van der Waals surface area contributed by atoms with Gasteiger partial charge in [-0.25, -0.2) is 4.57 Å². The van der Waals surface area contributed by atoms with Gasteiger partial charge in [-0.1, -0.05) is 33.1 Å². The summed E-state index contributed by atoms with van der Waals surface area (Å²) in [6.07, 6.45) is 3.07. The monoisotopic (exact) mass is 383 g/mol. The van der Waals surface area contributed by atoms with Crippen LogP contribution in [0.4, 0.5) is 0 Å². The van der Waals surface area contributed by atoms with E-state index in [4.69, 9.17) is 19.7 Å². The smallest absolute Gasteiger partial charge is 0.462 e. The van der Waals surface area contributed by atoms with Crippen molar-refractivity contribution in [1.82, 2.24) is 0 Å². The number of rotatable bonds is 15. The Hall–Kier alpha value is -0.990. The molecule has 0 amide bonds. The zero-order valence-electron chi connectivity index (χ0n) is 15.0. The maximum absolute atomic E-state index is 11.8. The van der Waals surface area contributed by atoms with Gasteiger partial charge in [0, 0.05) is 19.4 Å². The fraction of sp³-hybridized carbons (Fsp3) is 0.867. The molecule has 0 aliphatic heterocycles. The van der Waals surface area contributed by atoms with Gasteiger partial charge in [0.2, 0.25) is 0 Å². The molecular weight excluding hydrogens is 353 g/mol. The highest BCUT2D eigenvalue weighted by atomic mass is 31.2. The maximum atomic E-state index is 11.8. The molecule has 3 N–H and O–H groups in total. The summed E-state index contributed by atoms with van der Waals surface area (Å²) in [5, 5.41) is 0. The van der Waals surface area contributed by atoms with E-state index in [0.29, 0.717) is 6.42 Å². The van der Waals surface area contributed by atoms with Crippen LogP contribution >= 0.6 is 7.82 Å². The summed E-state index contributed by atoms with van der Waals surface area (Å²) in [4.78, 5) is 32.5. The standard InChI is InChI=1S/C15H30NO8P/c1-3-5-6-7-8-15(18)24-13(11-21-14(17)4-2)12-23-25(19,20)22-10-9-16/h13H,3-12,16H2,1-2H3,(H,19,20). The third-order valence-electron chi connectivity index (χ3n) is 3.05. The number of carbonyl (C=O) groups is 2. The minimum absolute atomic E-state index is 0.0538. The minimum atomic E-state index is -4.30. The largest absolute Gasteiger partial charge is 0.472 e.